The van der Waals surface area contributed by atoms with Gasteiger partial charge in [-0.25, -0.2) is 0 Å². The van der Waals surface area contributed by atoms with Gasteiger partial charge in [0.05, 0.1) is 18.2 Å². The third kappa shape index (κ3) is 5.59. The predicted octanol–water partition coefficient (Wildman–Crippen LogP) is 5.36. The Bertz CT molecular complexity index is 766. The average molecular weight is 478 g/mol. The molecule has 1 heterocycles. The van der Waals surface area contributed by atoms with Gasteiger partial charge in [0, 0.05) is 36.2 Å². The topological polar surface area (TPSA) is 24.5 Å². The number of hydrogen-bond donors (Lipinski definition) is 1. The van der Waals surface area contributed by atoms with Crippen molar-refractivity contribution in [3.05, 3.63) is 69.2 Å². The molecule has 1 N–H and O–H groups in total. The molecule has 7 heteroatoms. The molecule has 0 aromatic heterocycles. The highest BCUT2D eigenvalue weighted by Crippen LogP contribution is 2.36. The Morgan fingerprint density at radius 1 is 1.00 bits per heavy atom. The molecule has 0 spiro atoms. The fourth-order valence-electron chi connectivity index (χ4n) is 4.42. The molecule has 1 saturated heterocycles. The summed E-state index contributed by atoms with van der Waals surface area (Å²) in [7, 11) is 0. The lowest BCUT2D eigenvalue weighted by Gasteiger charge is -2.44. The number of rotatable bonds is 5. The molecular weight excluding hydrogens is 450 g/mol. The first-order valence-electron chi connectivity index (χ1n) is 9.66. The second-order valence-electron chi connectivity index (χ2n) is 7.74. The Morgan fingerprint density at radius 2 is 1.55 bits per heavy atom. The van der Waals surface area contributed by atoms with E-state index in [0.717, 1.165) is 44.6 Å². The minimum atomic E-state index is -0.0512. The number of benzene rings is 2. The van der Waals surface area contributed by atoms with Gasteiger partial charge in [0.15, 0.2) is 0 Å². The number of hydrogen-bond acceptors (Lipinski definition) is 3. The van der Waals surface area contributed by atoms with Crippen LogP contribution in [0.15, 0.2) is 42.5 Å². The van der Waals surface area contributed by atoms with Crippen LogP contribution in [0, 0.1) is 0 Å². The van der Waals surface area contributed by atoms with Gasteiger partial charge in [-0.3, -0.25) is 4.90 Å². The normalized spacial score (nSPS) is 19.0. The van der Waals surface area contributed by atoms with E-state index in [9.17, 15) is 0 Å². The lowest BCUT2D eigenvalue weighted by molar-refractivity contribution is -0.0379. The Hall–Kier alpha value is -0.520. The molecular formula is C22H28Cl4N2O. The van der Waals surface area contributed by atoms with Crippen molar-refractivity contribution in [3.8, 4) is 0 Å². The van der Waals surface area contributed by atoms with Crippen LogP contribution in [-0.2, 0) is 17.6 Å². The van der Waals surface area contributed by atoms with Gasteiger partial charge in [0.2, 0.25) is 0 Å². The van der Waals surface area contributed by atoms with E-state index < -0.39 is 0 Å². The number of fused-ring (bicyclic) bond motifs is 1. The standard InChI is InChI=1S/C22H26Cl2N2O.2ClH/c1-16(19-10-20(23)12-21(24)11-19)27-15-22(26-8-6-25-7-9-26)13-17-4-2-3-5-18(17)14-22;;/h2-5,10-12,16,25H,6-9,13-15H2,1H3;2*1H. The molecule has 29 heavy (non-hydrogen) atoms. The quantitative estimate of drug-likeness (QED) is 0.627. The molecule has 2 aromatic rings. The van der Waals surface area contributed by atoms with E-state index in [1.807, 2.05) is 12.1 Å². The van der Waals surface area contributed by atoms with Gasteiger partial charge in [-0.15, -0.1) is 24.8 Å². The zero-order chi connectivity index (χ0) is 18.9. The van der Waals surface area contributed by atoms with E-state index in [4.69, 9.17) is 27.9 Å². The Labute approximate surface area is 195 Å². The predicted molar refractivity (Wildman–Crippen MR) is 126 cm³/mol. The van der Waals surface area contributed by atoms with Crippen LogP contribution in [0.1, 0.15) is 29.7 Å². The zero-order valence-electron chi connectivity index (χ0n) is 16.5. The van der Waals surface area contributed by atoms with Crippen molar-refractivity contribution in [2.45, 2.75) is 31.4 Å². The van der Waals surface area contributed by atoms with Crippen LogP contribution in [0.2, 0.25) is 10.0 Å². The molecule has 1 atom stereocenters. The smallest absolute Gasteiger partial charge is 0.0798 e. The molecule has 0 bridgehead atoms. The van der Waals surface area contributed by atoms with Gasteiger partial charge in [0.25, 0.3) is 0 Å². The molecule has 1 unspecified atom stereocenters. The minimum Gasteiger partial charge on any atom is -0.372 e. The fourth-order valence-corrected chi connectivity index (χ4v) is 4.96. The van der Waals surface area contributed by atoms with Gasteiger partial charge < -0.3 is 10.1 Å². The van der Waals surface area contributed by atoms with E-state index in [-0.39, 0.29) is 36.5 Å². The lowest BCUT2D eigenvalue weighted by atomic mass is 9.93. The molecule has 0 radical (unpaired) electrons. The largest absolute Gasteiger partial charge is 0.372 e. The summed E-state index contributed by atoms with van der Waals surface area (Å²) in [5.74, 6) is 0. The second kappa shape index (κ2) is 10.7. The van der Waals surface area contributed by atoms with Gasteiger partial charge in [-0.2, -0.15) is 0 Å². The van der Waals surface area contributed by atoms with Crippen LogP contribution in [-0.4, -0.2) is 43.2 Å². The first-order valence-corrected chi connectivity index (χ1v) is 10.4. The van der Waals surface area contributed by atoms with E-state index >= 15 is 0 Å². The van der Waals surface area contributed by atoms with E-state index in [0.29, 0.717) is 16.7 Å². The summed E-state index contributed by atoms with van der Waals surface area (Å²) in [6.45, 7) is 6.99. The second-order valence-corrected chi connectivity index (χ2v) is 8.61. The third-order valence-electron chi connectivity index (χ3n) is 5.90. The third-order valence-corrected chi connectivity index (χ3v) is 6.34. The molecule has 1 aliphatic heterocycles. The average Bonchev–Trinajstić information content (AvgIpc) is 3.06. The summed E-state index contributed by atoms with van der Waals surface area (Å²) < 4.78 is 6.43. The molecule has 0 saturated carbocycles. The highest BCUT2D eigenvalue weighted by atomic mass is 35.5. The SMILES string of the molecule is CC(OCC1(N2CCNCC2)Cc2ccccc2C1)c1cc(Cl)cc(Cl)c1.Cl.Cl. The highest BCUT2D eigenvalue weighted by molar-refractivity contribution is 6.34. The van der Waals surface area contributed by atoms with Crippen LogP contribution in [0.25, 0.3) is 0 Å². The summed E-state index contributed by atoms with van der Waals surface area (Å²) in [6.07, 6.45) is 2.04. The number of piperazine rings is 1. The van der Waals surface area contributed by atoms with Crippen molar-refractivity contribution in [3.63, 3.8) is 0 Å². The van der Waals surface area contributed by atoms with Crippen molar-refractivity contribution in [1.29, 1.82) is 0 Å². The van der Waals surface area contributed by atoms with Gasteiger partial charge in [-0.1, -0.05) is 47.5 Å². The maximum Gasteiger partial charge on any atom is 0.0798 e. The number of nitrogens with zero attached hydrogens (tertiary/aromatic N) is 1. The fraction of sp³-hybridized carbons (Fsp3) is 0.455. The maximum absolute atomic E-state index is 6.43. The Kier molecular flexibility index (Phi) is 9.11. The van der Waals surface area contributed by atoms with Crippen LogP contribution < -0.4 is 5.32 Å². The summed E-state index contributed by atoms with van der Waals surface area (Å²) in [5.41, 5.74) is 3.97. The van der Waals surface area contributed by atoms with Crippen LogP contribution in [0.4, 0.5) is 0 Å². The Morgan fingerprint density at radius 3 is 2.10 bits per heavy atom. The molecule has 0 amide bonds. The first-order chi connectivity index (χ1) is 13.1. The van der Waals surface area contributed by atoms with Crippen molar-refractivity contribution >= 4 is 48.0 Å². The monoisotopic (exact) mass is 476 g/mol. The van der Waals surface area contributed by atoms with E-state index in [1.54, 1.807) is 6.07 Å². The minimum absolute atomic E-state index is 0. The highest BCUT2D eigenvalue weighted by Gasteiger charge is 2.43. The van der Waals surface area contributed by atoms with Gasteiger partial charge in [0.1, 0.15) is 0 Å². The Balaban J connectivity index is 0.00000150. The molecule has 1 fully saturated rings. The maximum atomic E-state index is 6.43. The molecule has 1 aliphatic carbocycles. The van der Waals surface area contributed by atoms with Crippen molar-refractivity contribution in [2.24, 2.45) is 0 Å². The number of halogens is 4. The molecule has 4 rings (SSSR count). The summed E-state index contributed by atoms with van der Waals surface area (Å²) >= 11 is 12.4. The van der Waals surface area contributed by atoms with Gasteiger partial charge >= 0.3 is 0 Å². The van der Waals surface area contributed by atoms with Crippen molar-refractivity contribution in [1.82, 2.24) is 10.2 Å². The van der Waals surface area contributed by atoms with Crippen molar-refractivity contribution < 1.29 is 4.74 Å². The molecule has 2 aromatic carbocycles. The van der Waals surface area contributed by atoms with Crippen LogP contribution >= 0.6 is 48.0 Å². The van der Waals surface area contributed by atoms with Crippen LogP contribution in [0.5, 0.6) is 0 Å². The summed E-state index contributed by atoms with van der Waals surface area (Å²) in [4.78, 5) is 2.63. The zero-order valence-corrected chi connectivity index (χ0v) is 19.6. The summed E-state index contributed by atoms with van der Waals surface area (Å²) in [6, 6.07) is 14.5. The van der Waals surface area contributed by atoms with Crippen molar-refractivity contribution in [2.75, 3.05) is 32.8 Å². The number of ether oxygens (including phenoxy) is 1. The summed E-state index contributed by atoms with van der Waals surface area (Å²) in [5, 5.41) is 4.77. The van der Waals surface area contributed by atoms with Crippen LogP contribution in [0.3, 0.4) is 0 Å². The van der Waals surface area contributed by atoms with E-state index in [2.05, 4.69) is 41.4 Å². The van der Waals surface area contributed by atoms with E-state index in [1.165, 1.54) is 11.1 Å². The molecule has 160 valence electrons. The molecule has 2 aliphatic rings. The van der Waals surface area contributed by atoms with Gasteiger partial charge in [-0.05, 0) is 54.7 Å². The lowest BCUT2D eigenvalue weighted by Crippen LogP contribution is -2.59. The molecule has 3 nitrogen and oxygen atoms in total. The number of nitrogens with one attached hydrogen (secondary N) is 1. The first kappa shape index (κ1) is 24.7.